The van der Waals surface area contributed by atoms with Crippen molar-refractivity contribution in [3.8, 4) is 11.5 Å². The molecule has 0 aliphatic carbocycles. The normalized spacial score (nSPS) is 19.1. The third-order valence-electron chi connectivity index (χ3n) is 3.71. The summed E-state index contributed by atoms with van der Waals surface area (Å²) in [7, 11) is 0. The maximum Gasteiger partial charge on any atom is 0.136 e. The molecule has 0 saturated carbocycles. The minimum Gasteiger partial charge on any atom is -0.457 e. The highest BCUT2D eigenvalue weighted by molar-refractivity contribution is 5.39. The minimum absolute atomic E-state index is 0.550. The van der Waals surface area contributed by atoms with Gasteiger partial charge in [0.1, 0.15) is 17.5 Å². The molecule has 0 aromatic heterocycles. The second-order valence-corrected chi connectivity index (χ2v) is 5.08. The average molecular weight is 254 g/mol. The lowest BCUT2D eigenvalue weighted by molar-refractivity contribution is -0.704. The van der Waals surface area contributed by atoms with Crippen LogP contribution in [0.15, 0.2) is 54.6 Å². The molecular weight excluding hydrogens is 234 g/mol. The van der Waals surface area contributed by atoms with E-state index in [-0.39, 0.29) is 0 Å². The van der Waals surface area contributed by atoms with Crippen LogP contribution in [0, 0.1) is 0 Å². The second kappa shape index (κ2) is 5.89. The first-order valence-corrected chi connectivity index (χ1v) is 7.08. The number of benzene rings is 2. The van der Waals surface area contributed by atoms with Crippen molar-refractivity contribution in [2.75, 3.05) is 6.54 Å². The van der Waals surface area contributed by atoms with E-state index >= 15 is 0 Å². The lowest BCUT2D eigenvalue weighted by Crippen LogP contribution is -2.86. The van der Waals surface area contributed by atoms with E-state index in [9.17, 15) is 0 Å². The minimum atomic E-state index is 0.550. The Labute approximate surface area is 114 Å². The van der Waals surface area contributed by atoms with Gasteiger partial charge in [0.15, 0.2) is 0 Å². The SMILES string of the molecule is c1ccc(Oc2ccccc2[C@@H]2CCCC[NH2+]2)cc1. The Kier molecular flexibility index (Phi) is 3.80. The number of quaternary nitrogens is 1. The summed E-state index contributed by atoms with van der Waals surface area (Å²) in [6.45, 7) is 1.23. The first-order chi connectivity index (χ1) is 9.43. The van der Waals surface area contributed by atoms with Gasteiger partial charge in [0.05, 0.1) is 12.1 Å². The lowest BCUT2D eigenvalue weighted by Gasteiger charge is -2.22. The van der Waals surface area contributed by atoms with Crippen LogP contribution in [0.5, 0.6) is 11.5 Å². The van der Waals surface area contributed by atoms with Gasteiger partial charge in [-0.15, -0.1) is 0 Å². The number of hydrogen-bond donors (Lipinski definition) is 1. The number of piperidine rings is 1. The van der Waals surface area contributed by atoms with Crippen LogP contribution >= 0.6 is 0 Å². The van der Waals surface area contributed by atoms with E-state index in [4.69, 9.17) is 4.74 Å². The van der Waals surface area contributed by atoms with Crippen LogP contribution in [0.4, 0.5) is 0 Å². The van der Waals surface area contributed by atoms with E-state index in [2.05, 4.69) is 23.5 Å². The largest absolute Gasteiger partial charge is 0.457 e. The molecular formula is C17H20NO+. The molecule has 1 atom stereocenters. The molecule has 0 radical (unpaired) electrons. The summed E-state index contributed by atoms with van der Waals surface area (Å²) in [6.07, 6.45) is 3.90. The maximum absolute atomic E-state index is 6.04. The zero-order valence-electron chi connectivity index (χ0n) is 11.1. The third-order valence-corrected chi connectivity index (χ3v) is 3.71. The molecule has 2 heteroatoms. The van der Waals surface area contributed by atoms with Gasteiger partial charge in [-0.3, -0.25) is 0 Å². The van der Waals surface area contributed by atoms with E-state index < -0.39 is 0 Å². The molecule has 0 unspecified atom stereocenters. The molecule has 2 N–H and O–H groups in total. The van der Waals surface area contributed by atoms with Crippen molar-refractivity contribution in [3.63, 3.8) is 0 Å². The van der Waals surface area contributed by atoms with Gasteiger partial charge in [-0.05, 0) is 37.1 Å². The second-order valence-electron chi connectivity index (χ2n) is 5.08. The molecule has 1 fully saturated rings. The Hall–Kier alpha value is -1.80. The molecule has 1 aliphatic rings. The summed E-state index contributed by atoms with van der Waals surface area (Å²) in [5.74, 6) is 1.91. The Balaban J connectivity index is 1.84. The summed E-state index contributed by atoms with van der Waals surface area (Å²) in [4.78, 5) is 0. The zero-order chi connectivity index (χ0) is 12.9. The van der Waals surface area contributed by atoms with Crippen molar-refractivity contribution in [1.82, 2.24) is 0 Å². The van der Waals surface area contributed by atoms with Crippen LogP contribution in [-0.2, 0) is 0 Å². The van der Waals surface area contributed by atoms with E-state index in [0.717, 1.165) is 11.5 Å². The van der Waals surface area contributed by atoms with Crippen LogP contribution < -0.4 is 10.1 Å². The van der Waals surface area contributed by atoms with Gasteiger partial charge in [-0.25, -0.2) is 0 Å². The Morgan fingerprint density at radius 2 is 1.68 bits per heavy atom. The summed E-state index contributed by atoms with van der Waals surface area (Å²) in [5.41, 5.74) is 1.33. The molecule has 3 rings (SSSR count). The van der Waals surface area contributed by atoms with Gasteiger partial charge in [-0.1, -0.05) is 30.3 Å². The highest BCUT2D eigenvalue weighted by Gasteiger charge is 2.21. The van der Waals surface area contributed by atoms with Crippen LogP contribution in [0.2, 0.25) is 0 Å². The summed E-state index contributed by atoms with van der Waals surface area (Å²) in [6, 6.07) is 19.0. The Bertz CT molecular complexity index is 518. The fourth-order valence-corrected chi connectivity index (χ4v) is 2.72. The Morgan fingerprint density at radius 3 is 2.47 bits per heavy atom. The molecule has 0 spiro atoms. The van der Waals surface area contributed by atoms with E-state index in [1.165, 1.54) is 31.4 Å². The van der Waals surface area contributed by atoms with Gasteiger partial charge in [-0.2, -0.15) is 0 Å². The molecule has 2 nitrogen and oxygen atoms in total. The standard InChI is InChI=1S/C17H19NO/c1-2-8-14(9-3-1)19-17-12-5-4-10-15(17)16-11-6-7-13-18-16/h1-5,8-10,12,16,18H,6-7,11,13H2/p+1/t16-/m0/s1. The van der Waals surface area contributed by atoms with E-state index in [0.29, 0.717) is 6.04 Å². The van der Waals surface area contributed by atoms with Gasteiger partial charge in [0.25, 0.3) is 0 Å². The number of hydrogen-bond acceptors (Lipinski definition) is 1. The van der Waals surface area contributed by atoms with Crippen LogP contribution in [0.3, 0.4) is 0 Å². The topological polar surface area (TPSA) is 25.8 Å². The molecule has 0 amide bonds. The molecule has 1 heterocycles. The van der Waals surface area contributed by atoms with Crippen LogP contribution in [0.1, 0.15) is 30.9 Å². The maximum atomic E-state index is 6.04. The first kappa shape index (κ1) is 12.2. The number of rotatable bonds is 3. The number of nitrogens with two attached hydrogens (primary N) is 1. The van der Waals surface area contributed by atoms with Crippen molar-refractivity contribution in [2.24, 2.45) is 0 Å². The molecule has 98 valence electrons. The van der Waals surface area contributed by atoms with Crippen molar-refractivity contribution in [1.29, 1.82) is 0 Å². The van der Waals surface area contributed by atoms with Crippen molar-refractivity contribution in [3.05, 3.63) is 60.2 Å². The van der Waals surface area contributed by atoms with Crippen LogP contribution in [0.25, 0.3) is 0 Å². The van der Waals surface area contributed by atoms with Crippen molar-refractivity contribution in [2.45, 2.75) is 25.3 Å². The summed E-state index contributed by atoms with van der Waals surface area (Å²) < 4.78 is 6.04. The predicted octanol–water partition coefficient (Wildman–Crippen LogP) is 3.27. The first-order valence-electron chi connectivity index (χ1n) is 7.08. The van der Waals surface area contributed by atoms with E-state index in [1.807, 2.05) is 36.4 Å². The van der Waals surface area contributed by atoms with Crippen LogP contribution in [-0.4, -0.2) is 6.54 Å². The summed E-state index contributed by atoms with van der Waals surface area (Å²) >= 11 is 0. The highest BCUT2D eigenvalue weighted by atomic mass is 16.5. The monoisotopic (exact) mass is 254 g/mol. The molecule has 0 bridgehead atoms. The zero-order valence-corrected chi connectivity index (χ0v) is 11.1. The summed E-state index contributed by atoms with van der Waals surface area (Å²) in [5, 5.41) is 2.44. The van der Waals surface area contributed by atoms with Gasteiger partial charge < -0.3 is 10.1 Å². The molecule has 2 aromatic carbocycles. The molecule has 1 aliphatic heterocycles. The van der Waals surface area contributed by atoms with Gasteiger partial charge in [0, 0.05) is 6.42 Å². The quantitative estimate of drug-likeness (QED) is 0.893. The third kappa shape index (κ3) is 2.96. The molecule has 19 heavy (non-hydrogen) atoms. The van der Waals surface area contributed by atoms with Crippen molar-refractivity contribution >= 4 is 0 Å². The fourth-order valence-electron chi connectivity index (χ4n) is 2.72. The predicted molar refractivity (Wildman–Crippen MR) is 76.3 cm³/mol. The van der Waals surface area contributed by atoms with Gasteiger partial charge in [0.2, 0.25) is 0 Å². The van der Waals surface area contributed by atoms with E-state index in [1.54, 1.807) is 0 Å². The smallest absolute Gasteiger partial charge is 0.136 e. The number of ether oxygens (including phenoxy) is 1. The average Bonchev–Trinajstić information content (AvgIpc) is 2.50. The van der Waals surface area contributed by atoms with Crippen molar-refractivity contribution < 1.29 is 10.1 Å². The Morgan fingerprint density at radius 1 is 0.895 bits per heavy atom. The molecule has 1 saturated heterocycles. The van der Waals surface area contributed by atoms with Gasteiger partial charge >= 0.3 is 0 Å². The molecule has 2 aromatic rings. The highest BCUT2D eigenvalue weighted by Crippen LogP contribution is 2.30. The lowest BCUT2D eigenvalue weighted by atomic mass is 9.97. The number of para-hydroxylation sites is 2. The fraction of sp³-hybridized carbons (Fsp3) is 0.294.